The number of hydrogen-bond acceptors (Lipinski definition) is 4. The molecule has 0 bridgehead atoms. The van der Waals surface area contributed by atoms with Crippen LogP contribution in [0.1, 0.15) is 42.6 Å². The summed E-state index contributed by atoms with van der Waals surface area (Å²) in [4.78, 5) is 26.9. The van der Waals surface area contributed by atoms with Gasteiger partial charge in [-0.05, 0) is 25.0 Å². The summed E-state index contributed by atoms with van der Waals surface area (Å²) in [6.45, 7) is 2.24. The molecular weight excluding hydrogens is 367 g/mol. The van der Waals surface area contributed by atoms with E-state index in [1.165, 1.54) is 4.68 Å². The normalized spacial score (nSPS) is 10.7. The first kappa shape index (κ1) is 19.2. The Hall–Kier alpha value is -2.12. The van der Waals surface area contributed by atoms with Crippen LogP contribution in [0.5, 0.6) is 0 Å². The largest absolute Gasteiger partial charge is 0.481 e. The number of aliphatic carboxylic acids is 1. The Morgan fingerprint density at radius 1 is 1.24 bits per heavy atom. The molecule has 0 aliphatic rings. The van der Waals surface area contributed by atoms with E-state index in [1.54, 1.807) is 18.2 Å². The second-order valence-corrected chi connectivity index (χ2v) is 6.11. The van der Waals surface area contributed by atoms with E-state index in [-0.39, 0.29) is 12.2 Å². The standard InChI is InChI=1S/C16H18Cl2N4O3/c1-2-12-20-15(16(25)19-9-4-3-8-13(23)24)21-22(12)14-10(17)6-5-7-11(14)18/h5-7H,2-4,8-9H2,1H3,(H,19,25)(H,23,24). The third kappa shape index (κ3) is 4.93. The van der Waals surface area contributed by atoms with Crippen molar-refractivity contribution in [2.45, 2.75) is 32.6 Å². The Bertz CT molecular complexity index is 756. The maximum atomic E-state index is 12.2. The number of nitrogens with one attached hydrogen (secondary N) is 1. The van der Waals surface area contributed by atoms with E-state index in [9.17, 15) is 9.59 Å². The first-order valence-corrected chi connectivity index (χ1v) is 8.60. The second kappa shape index (κ2) is 8.82. The van der Waals surface area contributed by atoms with Gasteiger partial charge in [0.25, 0.3) is 5.91 Å². The molecule has 2 N–H and O–H groups in total. The summed E-state index contributed by atoms with van der Waals surface area (Å²) in [6, 6.07) is 5.10. The van der Waals surface area contributed by atoms with Crippen LogP contribution in [-0.2, 0) is 11.2 Å². The van der Waals surface area contributed by atoms with Crippen molar-refractivity contribution in [3.63, 3.8) is 0 Å². The number of carbonyl (C=O) groups is 2. The fourth-order valence-electron chi connectivity index (χ4n) is 2.22. The molecule has 0 unspecified atom stereocenters. The predicted octanol–water partition coefficient (Wildman–Crippen LogP) is 3.12. The number of benzene rings is 1. The zero-order valence-corrected chi connectivity index (χ0v) is 15.1. The maximum Gasteiger partial charge on any atom is 0.303 e. The molecule has 0 atom stereocenters. The fourth-order valence-corrected chi connectivity index (χ4v) is 2.78. The minimum absolute atomic E-state index is 0.0195. The quantitative estimate of drug-likeness (QED) is 0.681. The lowest BCUT2D eigenvalue weighted by Gasteiger charge is -2.08. The van der Waals surface area contributed by atoms with Gasteiger partial charge in [0.2, 0.25) is 5.82 Å². The number of carbonyl (C=O) groups excluding carboxylic acids is 1. The van der Waals surface area contributed by atoms with Crippen LogP contribution in [0.25, 0.3) is 5.69 Å². The molecule has 134 valence electrons. The molecule has 0 spiro atoms. The third-order valence-electron chi connectivity index (χ3n) is 3.45. The summed E-state index contributed by atoms with van der Waals surface area (Å²) in [6.07, 6.45) is 1.68. The fraction of sp³-hybridized carbons (Fsp3) is 0.375. The summed E-state index contributed by atoms with van der Waals surface area (Å²) >= 11 is 12.4. The Morgan fingerprint density at radius 3 is 2.52 bits per heavy atom. The molecule has 1 heterocycles. The molecule has 7 nitrogen and oxygen atoms in total. The van der Waals surface area contributed by atoms with E-state index in [0.29, 0.717) is 47.4 Å². The van der Waals surface area contributed by atoms with Gasteiger partial charge in [-0.15, -0.1) is 5.10 Å². The Morgan fingerprint density at radius 2 is 1.92 bits per heavy atom. The molecule has 0 saturated heterocycles. The number of halogens is 2. The topological polar surface area (TPSA) is 97.1 Å². The van der Waals surface area contributed by atoms with Gasteiger partial charge in [-0.25, -0.2) is 9.67 Å². The highest BCUT2D eigenvalue weighted by Gasteiger charge is 2.19. The zero-order chi connectivity index (χ0) is 18.4. The zero-order valence-electron chi connectivity index (χ0n) is 13.6. The molecular formula is C16H18Cl2N4O3. The van der Waals surface area contributed by atoms with Crippen molar-refractivity contribution >= 4 is 35.1 Å². The van der Waals surface area contributed by atoms with Gasteiger partial charge in [0, 0.05) is 19.4 Å². The van der Waals surface area contributed by atoms with E-state index in [1.807, 2.05) is 6.92 Å². The number of carboxylic acid groups (broad SMARTS) is 1. The molecule has 0 aliphatic carbocycles. The number of para-hydroxylation sites is 1. The van der Waals surface area contributed by atoms with Gasteiger partial charge in [-0.2, -0.15) is 0 Å². The molecule has 0 saturated carbocycles. The molecule has 2 aromatic rings. The van der Waals surface area contributed by atoms with Crippen molar-refractivity contribution in [3.8, 4) is 5.69 Å². The molecule has 0 radical (unpaired) electrons. The lowest BCUT2D eigenvalue weighted by molar-refractivity contribution is -0.137. The highest BCUT2D eigenvalue weighted by atomic mass is 35.5. The van der Waals surface area contributed by atoms with E-state index in [0.717, 1.165) is 0 Å². The van der Waals surface area contributed by atoms with Crippen LogP contribution < -0.4 is 5.32 Å². The van der Waals surface area contributed by atoms with Crippen LogP contribution in [0, 0.1) is 0 Å². The average molecular weight is 385 g/mol. The van der Waals surface area contributed by atoms with Crippen molar-refractivity contribution in [1.82, 2.24) is 20.1 Å². The Kier molecular flexibility index (Phi) is 6.78. The number of unbranched alkanes of at least 4 members (excludes halogenated alkanes) is 1. The van der Waals surface area contributed by atoms with E-state index < -0.39 is 11.9 Å². The summed E-state index contributed by atoms with van der Waals surface area (Å²) in [5.74, 6) is -0.694. The van der Waals surface area contributed by atoms with E-state index in [2.05, 4.69) is 15.4 Å². The molecule has 1 amide bonds. The lowest BCUT2D eigenvalue weighted by Crippen LogP contribution is -2.25. The first-order valence-electron chi connectivity index (χ1n) is 7.84. The molecule has 1 aromatic heterocycles. The molecule has 9 heteroatoms. The molecule has 1 aromatic carbocycles. The third-order valence-corrected chi connectivity index (χ3v) is 4.06. The summed E-state index contributed by atoms with van der Waals surface area (Å²) in [7, 11) is 0. The van der Waals surface area contributed by atoms with Crippen LogP contribution >= 0.6 is 23.2 Å². The Balaban J connectivity index is 2.12. The summed E-state index contributed by atoms with van der Waals surface area (Å²) in [5, 5.41) is 16.3. The highest BCUT2D eigenvalue weighted by Crippen LogP contribution is 2.28. The van der Waals surface area contributed by atoms with Crippen LogP contribution in [0.15, 0.2) is 18.2 Å². The number of hydrogen-bond donors (Lipinski definition) is 2. The van der Waals surface area contributed by atoms with Crippen molar-refractivity contribution in [1.29, 1.82) is 0 Å². The van der Waals surface area contributed by atoms with Crippen LogP contribution in [-0.4, -0.2) is 38.3 Å². The SMILES string of the molecule is CCc1nc(C(=O)NCCCCC(=O)O)nn1-c1c(Cl)cccc1Cl. The molecule has 0 fully saturated rings. The van der Waals surface area contributed by atoms with Crippen molar-refractivity contribution < 1.29 is 14.7 Å². The number of aryl methyl sites for hydroxylation is 1. The first-order chi connectivity index (χ1) is 11.9. The monoisotopic (exact) mass is 384 g/mol. The highest BCUT2D eigenvalue weighted by molar-refractivity contribution is 6.37. The molecule has 0 aliphatic heterocycles. The van der Waals surface area contributed by atoms with Crippen LogP contribution in [0.2, 0.25) is 10.0 Å². The van der Waals surface area contributed by atoms with Gasteiger partial charge in [-0.3, -0.25) is 9.59 Å². The smallest absolute Gasteiger partial charge is 0.303 e. The van der Waals surface area contributed by atoms with Gasteiger partial charge < -0.3 is 10.4 Å². The minimum Gasteiger partial charge on any atom is -0.481 e. The number of nitrogens with zero attached hydrogens (tertiary/aromatic N) is 3. The van der Waals surface area contributed by atoms with Crippen molar-refractivity contribution in [2.75, 3.05) is 6.54 Å². The van der Waals surface area contributed by atoms with Crippen LogP contribution in [0.4, 0.5) is 0 Å². The maximum absolute atomic E-state index is 12.2. The van der Waals surface area contributed by atoms with Gasteiger partial charge in [0.1, 0.15) is 11.5 Å². The summed E-state index contributed by atoms with van der Waals surface area (Å²) < 4.78 is 1.48. The van der Waals surface area contributed by atoms with E-state index in [4.69, 9.17) is 28.3 Å². The average Bonchev–Trinajstić information content (AvgIpc) is 2.98. The van der Waals surface area contributed by atoms with Gasteiger partial charge in [0.15, 0.2) is 0 Å². The van der Waals surface area contributed by atoms with E-state index >= 15 is 0 Å². The molecule has 25 heavy (non-hydrogen) atoms. The lowest BCUT2D eigenvalue weighted by atomic mass is 10.2. The molecule has 2 rings (SSSR count). The van der Waals surface area contributed by atoms with Gasteiger partial charge in [0.05, 0.1) is 10.0 Å². The number of amides is 1. The summed E-state index contributed by atoms with van der Waals surface area (Å²) in [5.41, 5.74) is 0.482. The number of rotatable bonds is 8. The second-order valence-electron chi connectivity index (χ2n) is 5.29. The van der Waals surface area contributed by atoms with Crippen molar-refractivity contribution in [2.24, 2.45) is 0 Å². The number of carboxylic acids is 1. The number of aromatic nitrogens is 3. The predicted molar refractivity (Wildman–Crippen MR) is 94.6 cm³/mol. The van der Waals surface area contributed by atoms with Crippen molar-refractivity contribution in [3.05, 3.63) is 39.9 Å². The Labute approximate surface area is 155 Å². The minimum atomic E-state index is -0.851. The van der Waals surface area contributed by atoms with Crippen LogP contribution in [0.3, 0.4) is 0 Å². The van der Waals surface area contributed by atoms with Gasteiger partial charge >= 0.3 is 5.97 Å². The van der Waals surface area contributed by atoms with Gasteiger partial charge in [-0.1, -0.05) is 36.2 Å².